The highest BCUT2D eigenvalue weighted by Gasteiger charge is 2.27. The molecule has 2 rings (SSSR count). The van der Waals surface area contributed by atoms with Crippen LogP contribution in [-0.2, 0) is 4.74 Å². The van der Waals surface area contributed by atoms with Crippen molar-refractivity contribution < 1.29 is 9.26 Å². The molecule has 0 aromatic carbocycles. The standard InChI is InChI=1S/C14H25N3O2/c1-4-6-12(18-3)13-16-14(19-17-13)11-9-10(5-2)7-8-15-11/h10-12,15H,4-9H2,1-3H3. The summed E-state index contributed by atoms with van der Waals surface area (Å²) in [7, 11) is 1.70. The minimum Gasteiger partial charge on any atom is -0.373 e. The predicted molar refractivity (Wildman–Crippen MR) is 72.7 cm³/mol. The number of ether oxygens (including phenoxy) is 1. The van der Waals surface area contributed by atoms with E-state index in [1.807, 2.05) is 0 Å². The molecular weight excluding hydrogens is 242 g/mol. The number of piperidine rings is 1. The average Bonchev–Trinajstić information content (AvgIpc) is 2.94. The smallest absolute Gasteiger partial charge is 0.243 e. The first kappa shape index (κ1) is 14.5. The van der Waals surface area contributed by atoms with Gasteiger partial charge >= 0.3 is 0 Å². The van der Waals surface area contributed by atoms with Crippen molar-refractivity contribution in [3.8, 4) is 0 Å². The van der Waals surface area contributed by atoms with Gasteiger partial charge in [-0.05, 0) is 31.7 Å². The molecule has 1 aromatic rings. The summed E-state index contributed by atoms with van der Waals surface area (Å²) in [5, 5.41) is 7.55. The number of nitrogens with one attached hydrogen (secondary N) is 1. The molecule has 3 unspecified atom stereocenters. The van der Waals surface area contributed by atoms with E-state index in [-0.39, 0.29) is 12.1 Å². The summed E-state index contributed by atoms with van der Waals surface area (Å²) in [6.07, 6.45) is 5.46. The first-order chi connectivity index (χ1) is 9.28. The Morgan fingerprint density at radius 2 is 2.32 bits per heavy atom. The van der Waals surface area contributed by atoms with Gasteiger partial charge in [-0.3, -0.25) is 0 Å². The number of aromatic nitrogens is 2. The highest BCUT2D eigenvalue weighted by atomic mass is 16.5. The Labute approximate surface area is 115 Å². The van der Waals surface area contributed by atoms with Crippen LogP contribution < -0.4 is 5.32 Å². The molecule has 1 N–H and O–H groups in total. The summed E-state index contributed by atoms with van der Waals surface area (Å²) in [6.45, 7) is 5.40. The third-order valence-corrected chi connectivity index (χ3v) is 3.97. The first-order valence-corrected chi connectivity index (χ1v) is 7.38. The Morgan fingerprint density at radius 3 is 3.00 bits per heavy atom. The summed E-state index contributed by atoms with van der Waals surface area (Å²) < 4.78 is 10.8. The Morgan fingerprint density at radius 1 is 1.47 bits per heavy atom. The lowest BCUT2D eigenvalue weighted by Gasteiger charge is -2.27. The molecule has 1 aliphatic heterocycles. The predicted octanol–water partition coefficient (Wildman–Crippen LogP) is 3.01. The van der Waals surface area contributed by atoms with E-state index in [1.165, 1.54) is 12.8 Å². The molecule has 0 spiro atoms. The number of rotatable bonds is 6. The van der Waals surface area contributed by atoms with E-state index in [0.29, 0.717) is 11.7 Å². The topological polar surface area (TPSA) is 60.2 Å². The van der Waals surface area contributed by atoms with Gasteiger partial charge in [0, 0.05) is 7.11 Å². The van der Waals surface area contributed by atoms with Crippen molar-refractivity contribution >= 4 is 0 Å². The maximum absolute atomic E-state index is 5.42. The first-order valence-electron chi connectivity index (χ1n) is 7.38. The fourth-order valence-corrected chi connectivity index (χ4v) is 2.69. The molecule has 19 heavy (non-hydrogen) atoms. The van der Waals surface area contributed by atoms with Crippen molar-refractivity contribution in [2.24, 2.45) is 5.92 Å². The maximum atomic E-state index is 5.42. The largest absolute Gasteiger partial charge is 0.373 e. The van der Waals surface area contributed by atoms with Crippen LogP contribution in [0.3, 0.4) is 0 Å². The summed E-state index contributed by atoms with van der Waals surface area (Å²) in [5.74, 6) is 2.15. The van der Waals surface area contributed by atoms with Crippen molar-refractivity contribution in [3.05, 3.63) is 11.7 Å². The van der Waals surface area contributed by atoms with Crippen LogP contribution in [0, 0.1) is 5.92 Å². The van der Waals surface area contributed by atoms with Crippen LogP contribution in [0.5, 0.6) is 0 Å². The van der Waals surface area contributed by atoms with Crippen LogP contribution in [0.25, 0.3) is 0 Å². The molecule has 5 heteroatoms. The second kappa shape index (κ2) is 7.01. The molecule has 0 aliphatic carbocycles. The quantitative estimate of drug-likeness (QED) is 0.858. The Bertz CT molecular complexity index is 381. The van der Waals surface area contributed by atoms with Crippen LogP contribution >= 0.6 is 0 Å². The van der Waals surface area contributed by atoms with Gasteiger partial charge in [0.1, 0.15) is 6.10 Å². The van der Waals surface area contributed by atoms with Gasteiger partial charge in [-0.2, -0.15) is 4.98 Å². The van der Waals surface area contributed by atoms with Gasteiger partial charge < -0.3 is 14.6 Å². The van der Waals surface area contributed by atoms with Gasteiger partial charge in [0.05, 0.1) is 6.04 Å². The number of nitrogens with zero attached hydrogens (tertiary/aromatic N) is 2. The van der Waals surface area contributed by atoms with E-state index in [9.17, 15) is 0 Å². The Balaban J connectivity index is 2.03. The zero-order valence-corrected chi connectivity index (χ0v) is 12.2. The molecule has 1 aromatic heterocycles. The lowest BCUT2D eigenvalue weighted by atomic mass is 9.90. The lowest BCUT2D eigenvalue weighted by molar-refractivity contribution is 0.0854. The van der Waals surface area contributed by atoms with Crippen molar-refractivity contribution in [1.82, 2.24) is 15.5 Å². The van der Waals surface area contributed by atoms with E-state index < -0.39 is 0 Å². The SMILES string of the molecule is CCCC(OC)c1noc(C2CC(CC)CCN2)n1. The molecule has 108 valence electrons. The van der Waals surface area contributed by atoms with Gasteiger partial charge in [-0.15, -0.1) is 0 Å². The average molecular weight is 267 g/mol. The minimum absolute atomic E-state index is 0.0481. The summed E-state index contributed by atoms with van der Waals surface area (Å²) >= 11 is 0. The molecule has 1 fully saturated rings. The number of methoxy groups -OCH3 is 1. The van der Waals surface area contributed by atoms with Crippen LogP contribution in [0.4, 0.5) is 0 Å². The molecule has 1 aliphatic rings. The van der Waals surface area contributed by atoms with Crippen molar-refractivity contribution in [1.29, 1.82) is 0 Å². The Hall–Kier alpha value is -0.940. The molecule has 3 atom stereocenters. The van der Waals surface area contributed by atoms with E-state index in [2.05, 4.69) is 29.3 Å². The fourth-order valence-electron chi connectivity index (χ4n) is 2.69. The second-order valence-electron chi connectivity index (χ2n) is 5.31. The highest BCUT2D eigenvalue weighted by Crippen LogP contribution is 2.29. The maximum Gasteiger partial charge on any atom is 0.243 e. The van der Waals surface area contributed by atoms with Gasteiger partial charge in [-0.25, -0.2) is 0 Å². The van der Waals surface area contributed by atoms with Gasteiger partial charge in [0.25, 0.3) is 0 Å². The van der Waals surface area contributed by atoms with E-state index in [4.69, 9.17) is 9.26 Å². The zero-order chi connectivity index (χ0) is 13.7. The van der Waals surface area contributed by atoms with Gasteiger partial charge in [-0.1, -0.05) is 31.8 Å². The molecule has 0 amide bonds. The number of hydrogen-bond acceptors (Lipinski definition) is 5. The second-order valence-corrected chi connectivity index (χ2v) is 5.31. The minimum atomic E-state index is -0.0481. The van der Waals surface area contributed by atoms with Gasteiger partial charge in [0.2, 0.25) is 11.7 Å². The zero-order valence-electron chi connectivity index (χ0n) is 12.2. The Kier molecular flexibility index (Phi) is 5.34. The lowest BCUT2D eigenvalue weighted by Crippen LogP contribution is -2.31. The summed E-state index contributed by atoms with van der Waals surface area (Å²) in [6, 6.07) is 0.207. The molecule has 0 radical (unpaired) electrons. The summed E-state index contributed by atoms with van der Waals surface area (Å²) in [4.78, 5) is 4.53. The van der Waals surface area contributed by atoms with Crippen molar-refractivity contribution in [2.45, 2.75) is 58.1 Å². The van der Waals surface area contributed by atoms with Crippen LogP contribution in [-0.4, -0.2) is 23.8 Å². The highest BCUT2D eigenvalue weighted by molar-refractivity contribution is 4.98. The number of hydrogen-bond donors (Lipinski definition) is 1. The van der Waals surface area contributed by atoms with Crippen molar-refractivity contribution in [3.63, 3.8) is 0 Å². The van der Waals surface area contributed by atoms with Crippen molar-refractivity contribution in [2.75, 3.05) is 13.7 Å². The molecular formula is C14H25N3O2. The summed E-state index contributed by atoms with van der Waals surface area (Å²) in [5.41, 5.74) is 0. The van der Waals surface area contributed by atoms with Crippen LogP contribution in [0.15, 0.2) is 4.52 Å². The third-order valence-electron chi connectivity index (χ3n) is 3.97. The van der Waals surface area contributed by atoms with E-state index in [0.717, 1.165) is 31.7 Å². The third kappa shape index (κ3) is 3.54. The molecule has 5 nitrogen and oxygen atoms in total. The van der Waals surface area contributed by atoms with Gasteiger partial charge in [0.15, 0.2) is 0 Å². The fraction of sp³-hybridized carbons (Fsp3) is 0.857. The van der Waals surface area contributed by atoms with Crippen LogP contribution in [0.1, 0.15) is 69.8 Å². The van der Waals surface area contributed by atoms with E-state index in [1.54, 1.807) is 7.11 Å². The van der Waals surface area contributed by atoms with E-state index >= 15 is 0 Å². The molecule has 2 heterocycles. The molecule has 1 saturated heterocycles. The monoisotopic (exact) mass is 267 g/mol. The molecule has 0 saturated carbocycles. The normalized spacial score (nSPS) is 25.4. The van der Waals surface area contributed by atoms with Crippen LogP contribution in [0.2, 0.25) is 0 Å². The molecule has 0 bridgehead atoms.